The van der Waals surface area contributed by atoms with E-state index in [9.17, 15) is 9.59 Å². The van der Waals surface area contributed by atoms with Crippen molar-refractivity contribution in [1.82, 2.24) is 10.2 Å². The zero-order valence-electron chi connectivity index (χ0n) is 11.0. The van der Waals surface area contributed by atoms with Crippen molar-refractivity contribution >= 4 is 11.9 Å². The summed E-state index contributed by atoms with van der Waals surface area (Å²) in [6.07, 6.45) is 0.839. The molecule has 1 N–H and O–H groups in total. The molecule has 5 nitrogen and oxygen atoms in total. The molecule has 0 radical (unpaired) electrons. The van der Waals surface area contributed by atoms with E-state index in [2.05, 4.69) is 5.32 Å². The average Bonchev–Trinajstić information content (AvgIpc) is 2.34. The highest BCUT2D eigenvalue weighted by molar-refractivity contribution is 5.88. The highest BCUT2D eigenvalue weighted by Crippen LogP contribution is 2.18. The van der Waals surface area contributed by atoms with Gasteiger partial charge in [0.1, 0.15) is 6.04 Å². The lowest BCUT2D eigenvalue weighted by molar-refractivity contribution is -0.157. The van der Waals surface area contributed by atoms with Gasteiger partial charge in [-0.3, -0.25) is 4.79 Å². The molecule has 98 valence electrons. The van der Waals surface area contributed by atoms with Gasteiger partial charge in [0.05, 0.1) is 13.2 Å². The standard InChI is InChI=1S/C12H22N2O3/c1-5-8(2)10(12(16)17-4)14-7-6-13-9(3)11(14)15/h8-10,13H,5-7H2,1-4H3/t8-,9-,10-/m0/s1. The quantitative estimate of drug-likeness (QED) is 0.725. The number of amides is 1. The molecule has 0 spiro atoms. The second-order valence-corrected chi connectivity index (χ2v) is 4.56. The SMILES string of the molecule is CC[C@H](C)[C@@H](C(=O)OC)N1CCN[C@@H](C)C1=O. The fraction of sp³-hybridized carbons (Fsp3) is 0.833. The number of piperazine rings is 1. The van der Waals surface area contributed by atoms with Crippen molar-refractivity contribution in [3.8, 4) is 0 Å². The van der Waals surface area contributed by atoms with E-state index < -0.39 is 6.04 Å². The van der Waals surface area contributed by atoms with Gasteiger partial charge in [0.25, 0.3) is 0 Å². The third-order valence-electron chi connectivity index (χ3n) is 3.42. The summed E-state index contributed by atoms with van der Waals surface area (Å²) in [5, 5.41) is 3.09. The molecule has 1 fully saturated rings. The number of nitrogens with one attached hydrogen (secondary N) is 1. The molecule has 1 amide bonds. The molecule has 0 aliphatic carbocycles. The number of hydrogen-bond donors (Lipinski definition) is 1. The molecule has 0 aromatic heterocycles. The van der Waals surface area contributed by atoms with Gasteiger partial charge in [0.15, 0.2) is 0 Å². The Hall–Kier alpha value is -1.10. The number of ether oxygens (including phenoxy) is 1. The van der Waals surface area contributed by atoms with E-state index in [1.807, 2.05) is 20.8 Å². The first-order valence-electron chi connectivity index (χ1n) is 6.14. The van der Waals surface area contributed by atoms with E-state index >= 15 is 0 Å². The van der Waals surface area contributed by atoms with Crippen molar-refractivity contribution < 1.29 is 14.3 Å². The summed E-state index contributed by atoms with van der Waals surface area (Å²) in [6, 6.07) is -0.679. The Balaban J connectivity index is 2.88. The number of nitrogens with zero attached hydrogens (tertiary/aromatic N) is 1. The summed E-state index contributed by atoms with van der Waals surface area (Å²) < 4.78 is 4.82. The van der Waals surface area contributed by atoms with Crippen molar-refractivity contribution in [1.29, 1.82) is 0 Å². The zero-order chi connectivity index (χ0) is 13.0. The summed E-state index contributed by atoms with van der Waals surface area (Å²) in [5.41, 5.74) is 0. The van der Waals surface area contributed by atoms with E-state index in [0.29, 0.717) is 6.54 Å². The van der Waals surface area contributed by atoms with Crippen LogP contribution in [0.4, 0.5) is 0 Å². The topological polar surface area (TPSA) is 58.6 Å². The van der Waals surface area contributed by atoms with Gasteiger partial charge in [-0.05, 0) is 12.8 Å². The molecule has 0 bridgehead atoms. The van der Waals surface area contributed by atoms with Crippen LogP contribution >= 0.6 is 0 Å². The van der Waals surface area contributed by atoms with Gasteiger partial charge < -0.3 is 15.0 Å². The lowest BCUT2D eigenvalue weighted by atomic mass is 9.96. The van der Waals surface area contributed by atoms with Gasteiger partial charge in [-0.15, -0.1) is 0 Å². The van der Waals surface area contributed by atoms with E-state index in [-0.39, 0.29) is 23.8 Å². The maximum Gasteiger partial charge on any atom is 0.328 e. The number of hydrogen-bond acceptors (Lipinski definition) is 4. The van der Waals surface area contributed by atoms with E-state index in [0.717, 1.165) is 13.0 Å². The largest absolute Gasteiger partial charge is 0.467 e. The maximum absolute atomic E-state index is 12.1. The molecule has 5 heteroatoms. The summed E-state index contributed by atoms with van der Waals surface area (Å²) >= 11 is 0. The van der Waals surface area contributed by atoms with Crippen molar-refractivity contribution in [3.05, 3.63) is 0 Å². The van der Waals surface area contributed by atoms with E-state index in [4.69, 9.17) is 4.74 Å². The number of esters is 1. The molecule has 1 aliphatic rings. The minimum absolute atomic E-state index is 0.0213. The Labute approximate surface area is 102 Å². The molecular weight excluding hydrogens is 220 g/mol. The Morgan fingerprint density at radius 3 is 2.82 bits per heavy atom. The summed E-state index contributed by atoms with van der Waals surface area (Å²) in [5.74, 6) is -0.231. The van der Waals surface area contributed by atoms with Crippen LogP contribution in [-0.4, -0.2) is 49.1 Å². The van der Waals surface area contributed by atoms with Crippen LogP contribution in [0.25, 0.3) is 0 Å². The van der Waals surface area contributed by atoms with Crippen LogP contribution in [0.15, 0.2) is 0 Å². The molecule has 0 unspecified atom stereocenters. The van der Waals surface area contributed by atoms with Gasteiger partial charge in [0.2, 0.25) is 5.91 Å². The van der Waals surface area contributed by atoms with Crippen LogP contribution in [0.5, 0.6) is 0 Å². The first kappa shape index (κ1) is 14.0. The Bertz CT molecular complexity index is 293. The minimum atomic E-state index is -0.456. The zero-order valence-corrected chi connectivity index (χ0v) is 11.0. The van der Waals surface area contributed by atoms with Crippen LogP contribution in [0.3, 0.4) is 0 Å². The summed E-state index contributed by atoms with van der Waals surface area (Å²) in [6.45, 7) is 7.09. The third kappa shape index (κ3) is 2.97. The monoisotopic (exact) mass is 242 g/mol. The van der Waals surface area contributed by atoms with Crippen molar-refractivity contribution in [3.63, 3.8) is 0 Å². The number of carbonyl (C=O) groups is 2. The number of methoxy groups -OCH3 is 1. The van der Waals surface area contributed by atoms with Crippen molar-refractivity contribution in [2.75, 3.05) is 20.2 Å². The van der Waals surface area contributed by atoms with E-state index in [1.165, 1.54) is 7.11 Å². The molecule has 0 aromatic carbocycles. The Morgan fingerprint density at radius 2 is 2.29 bits per heavy atom. The van der Waals surface area contributed by atoms with Crippen molar-refractivity contribution in [2.45, 2.75) is 39.3 Å². The van der Waals surface area contributed by atoms with Crippen LogP contribution < -0.4 is 5.32 Å². The van der Waals surface area contributed by atoms with Gasteiger partial charge in [-0.2, -0.15) is 0 Å². The van der Waals surface area contributed by atoms with Gasteiger partial charge in [-0.1, -0.05) is 20.3 Å². The van der Waals surface area contributed by atoms with Gasteiger partial charge >= 0.3 is 5.97 Å². The Morgan fingerprint density at radius 1 is 1.65 bits per heavy atom. The van der Waals surface area contributed by atoms with Gasteiger partial charge in [0, 0.05) is 13.1 Å². The third-order valence-corrected chi connectivity index (χ3v) is 3.42. The summed E-state index contributed by atoms with van der Waals surface area (Å²) in [4.78, 5) is 25.5. The smallest absolute Gasteiger partial charge is 0.328 e. The predicted molar refractivity (Wildman–Crippen MR) is 64.4 cm³/mol. The van der Waals surface area contributed by atoms with Crippen LogP contribution in [0, 0.1) is 5.92 Å². The molecule has 1 heterocycles. The number of carbonyl (C=O) groups excluding carboxylic acids is 2. The molecule has 1 aliphatic heterocycles. The lowest BCUT2D eigenvalue weighted by Crippen LogP contribution is -2.60. The first-order valence-corrected chi connectivity index (χ1v) is 6.14. The van der Waals surface area contributed by atoms with Crippen LogP contribution in [0.1, 0.15) is 27.2 Å². The van der Waals surface area contributed by atoms with Crippen LogP contribution in [-0.2, 0) is 14.3 Å². The van der Waals surface area contributed by atoms with Crippen LogP contribution in [0.2, 0.25) is 0 Å². The highest BCUT2D eigenvalue weighted by Gasteiger charge is 2.37. The molecule has 17 heavy (non-hydrogen) atoms. The minimum Gasteiger partial charge on any atom is -0.467 e. The maximum atomic E-state index is 12.1. The highest BCUT2D eigenvalue weighted by atomic mass is 16.5. The summed E-state index contributed by atoms with van der Waals surface area (Å²) in [7, 11) is 1.37. The number of rotatable bonds is 4. The fourth-order valence-electron chi connectivity index (χ4n) is 2.13. The first-order chi connectivity index (χ1) is 8.02. The normalized spacial score (nSPS) is 24.4. The molecule has 1 rings (SSSR count). The predicted octanol–water partition coefficient (Wildman–Crippen LogP) is 0.394. The molecule has 0 aromatic rings. The van der Waals surface area contributed by atoms with Gasteiger partial charge in [-0.25, -0.2) is 4.79 Å². The van der Waals surface area contributed by atoms with E-state index in [1.54, 1.807) is 4.90 Å². The lowest BCUT2D eigenvalue weighted by Gasteiger charge is -2.38. The van der Waals surface area contributed by atoms with Crippen molar-refractivity contribution in [2.24, 2.45) is 5.92 Å². The molecule has 1 saturated heterocycles. The second-order valence-electron chi connectivity index (χ2n) is 4.56. The second kappa shape index (κ2) is 6.00. The molecule has 3 atom stereocenters. The molecule has 0 saturated carbocycles. The average molecular weight is 242 g/mol. The fourth-order valence-corrected chi connectivity index (χ4v) is 2.13. The Kier molecular flexibility index (Phi) is 4.93. The molecular formula is C12H22N2O3.